The maximum atomic E-state index is 12.5. The molecule has 1 fully saturated rings. The maximum Gasteiger partial charge on any atom is 0.339 e. The Morgan fingerprint density at radius 1 is 1.04 bits per heavy atom. The minimum absolute atomic E-state index is 0.133. The van der Waals surface area contributed by atoms with Gasteiger partial charge in [0, 0.05) is 6.04 Å². The van der Waals surface area contributed by atoms with Crippen LogP contribution in [0.3, 0.4) is 0 Å². The zero-order valence-corrected chi connectivity index (χ0v) is 16.7. The van der Waals surface area contributed by atoms with Gasteiger partial charge >= 0.3 is 5.97 Å². The van der Waals surface area contributed by atoms with E-state index in [0.717, 1.165) is 19.3 Å². The maximum absolute atomic E-state index is 12.5. The van der Waals surface area contributed by atoms with Crippen molar-refractivity contribution in [2.24, 2.45) is 5.92 Å². The molecule has 1 aliphatic rings. The van der Waals surface area contributed by atoms with Crippen LogP contribution in [0.2, 0.25) is 0 Å². The summed E-state index contributed by atoms with van der Waals surface area (Å²) in [6, 6.07) is 3.13. The Kier molecular flexibility index (Phi) is 7.33. The Bertz CT molecular complexity index is 649. The summed E-state index contributed by atoms with van der Waals surface area (Å²) in [6.07, 6.45) is 3.46. The fourth-order valence-corrected chi connectivity index (χ4v) is 3.31. The lowest BCUT2D eigenvalue weighted by atomic mass is 9.86. The fourth-order valence-electron chi connectivity index (χ4n) is 3.31. The van der Waals surface area contributed by atoms with Crippen LogP contribution in [-0.4, -0.2) is 45.4 Å². The second-order valence-corrected chi connectivity index (χ2v) is 6.84. The molecular formula is C20H29NO6. The third-order valence-corrected chi connectivity index (χ3v) is 4.99. The molecule has 7 nitrogen and oxygen atoms in total. The van der Waals surface area contributed by atoms with Gasteiger partial charge in [-0.05, 0) is 37.8 Å². The van der Waals surface area contributed by atoms with Crippen molar-refractivity contribution in [2.45, 2.75) is 51.7 Å². The Hall–Kier alpha value is -2.44. The molecule has 1 amide bonds. The van der Waals surface area contributed by atoms with Crippen LogP contribution < -0.4 is 19.5 Å². The summed E-state index contributed by atoms with van der Waals surface area (Å²) < 4.78 is 21.1. The minimum Gasteiger partial charge on any atom is -0.493 e. The molecule has 7 heteroatoms. The van der Waals surface area contributed by atoms with Crippen molar-refractivity contribution < 1.29 is 28.5 Å². The number of methoxy groups -OCH3 is 3. The highest BCUT2D eigenvalue weighted by Gasteiger charge is 2.27. The van der Waals surface area contributed by atoms with Crippen LogP contribution in [0.1, 0.15) is 49.9 Å². The Labute approximate surface area is 160 Å². The number of amides is 1. The third kappa shape index (κ3) is 5.05. The third-order valence-electron chi connectivity index (χ3n) is 4.99. The molecule has 2 rings (SSSR count). The highest BCUT2D eigenvalue weighted by Crippen LogP contribution is 2.38. The summed E-state index contributed by atoms with van der Waals surface area (Å²) in [7, 11) is 4.42. The van der Waals surface area contributed by atoms with Gasteiger partial charge in [0.1, 0.15) is 0 Å². The molecule has 0 heterocycles. The summed E-state index contributed by atoms with van der Waals surface area (Å²) >= 11 is 0. The fraction of sp³-hybridized carbons (Fsp3) is 0.600. The Morgan fingerprint density at radius 2 is 1.63 bits per heavy atom. The molecule has 1 aromatic rings. The van der Waals surface area contributed by atoms with E-state index < -0.39 is 12.1 Å². The molecule has 1 N–H and O–H groups in total. The molecule has 0 bridgehead atoms. The summed E-state index contributed by atoms with van der Waals surface area (Å²) in [5, 5.41) is 3.00. The quantitative estimate of drug-likeness (QED) is 0.734. The van der Waals surface area contributed by atoms with Crippen LogP contribution in [0, 0.1) is 5.92 Å². The second-order valence-electron chi connectivity index (χ2n) is 6.84. The van der Waals surface area contributed by atoms with E-state index in [1.54, 1.807) is 6.92 Å². The van der Waals surface area contributed by atoms with Crippen molar-refractivity contribution in [1.29, 1.82) is 0 Å². The van der Waals surface area contributed by atoms with E-state index in [2.05, 4.69) is 12.2 Å². The molecule has 0 aliphatic heterocycles. The number of rotatable bonds is 7. The van der Waals surface area contributed by atoms with Crippen molar-refractivity contribution in [3.8, 4) is 17.2 Å². The Balaban J connectivity index is 2.06. The average molecular weight is 379 g/mol. The lowest BCUT2D eigenvalue weighted by Crippen LogP contribution is -2.45. The zero-order valence-electron chi connectivity index (χ0n) is 16.7. The number of carbonyl (C=O) groups excluding carboxylic acids is 2. The molecule has 150 valence electrons. The molecule has 1 aliphatic carbocycles. The van der Waals surface area contributed by atoms with Crippen molar-refractivity contribution in [2.75, 3.05) is 21.3 Å². The predicted molar refractivity (Wildman–Crippen MR) is 101 cm³/mol. The van der Waals surface area contributed by atoms with E-state index in [4.69, 9.17) is 18.9 Å². The zero-order chi connectivity index (χ0) is 20.0. The smallest absolute Gasteiger partial charge is 0.339 e. The first-order valence-electron chi connectivity index (χ1n) is 9.22. The molecule has 1 aromatic carbocycles. The summed E-state index contributed by atoms with van der Waals surface area (Å²) in [6.45, 7) is 3.70. The number of hydrogen-bond acceptors (Lipinski definition) is 6. The summed E-state index contributed by atoms with van der Waals surface area (Å²) in [5.74, 6) is 0.589. The number of benzene rings is 1. The van der Waals surface area contributed by atoms with E-state index in [0.29, 0.717) is 23.2 Å². The first kappa shape index (κ1) is 20.9. The van der Waals surface area contributed by atoms with Gasteiger partial charge in [-0.3, -0.25) is 4.79 Å². The highest BCUT2D eigenvalue weighted by atomic mass is 16.5. The van der Waals surface area contributed by atoms with Gasteiger partial charge < -0.3 is 24.3 Å². The van der Waals surface area contributed by atoms with Gasteiger partial charge in [-0.25, -0.2) is 4.79 Å². The van der Waals surface area contributed by atoms with E-state index in [1.807, 2.05) is 0 Å². The van der Waals surface area contributed by atoms with Crippen LogP contribution in [0.15, 0.2) is 12.1 Å². The van der Waals surface area contributed by atoms with Crippen LogP contribution in [0.4, 0.5) is 0 Å². The van der Waals surface area contributed by atoms with E-state index >= 15 is 0 Å². The SMILES string of the molecule is COc1cc(C(=O)O[C@@H](C)C(=O)N[C@@H]2CCCC[C@@H]2C)cc(OC)c1OC. The van der Waals surface area contributed by atoms with Crippen molar-refractivity contribution in [3.63, 3.8) is 0 Å². The molecule has 3 atom stereocenters. The van der Waals surface area contributed by atoms with Gasteiger partial charge in [0.15, 0.2) is 17.6 Å². The van der Waals surface area contributed by atoms with Crippen LogP contribution >= 0.6 is 0 Å². The normalized spacial score (nSPS) is 20.3. The van der Waals surface area contributed by atoms with E-state index in [1.165, 1.54) is 39.9 Å². The van der Waals surface area contributed by atoms with Crippen LogP contribution in [-0.2, 0) is 9.53 Å². The molecule has 0 aromatic heterocycles. The average Bonchev–Trinajstić information content (AvgIpc) is 2.68. The minimum atomic E-state index is -0.897. The van der Waals surface area contributed by atoms with Crippen molar-refractivity contribution in [1.82, 2.24) is 5.32 Å². The largest absolute Gasteiger partial charge is 0.493 e. The standard InChI is InChI=1S/C20H29NO6/c1-12-8-6-7-9-15(12)21-19(22)13(2)27-20(23)14-10-16(24-3)18(26-5)17(11-14)25-4/h10-13,15H,6-9H2,1-5H3,(H,21,22)/t12-,13-,15+/m0/s1. The van der Waals surface area contributed by atoms with Crippen LogP contribution in [0.5, 0.6) is 17.2 Å². The van der Waals surface area contributed by atoms with Gasteiger partial charge in [-0.1, -0.05) is 19.8 Å². The molecule has 1 saturated carbocycles. The molecule has 0 spiro atoms. The molecular weight excluding hydrogens is 350 g/mol. The number of ether oxygens (including phenoxy) is 4. The van der Waals surface area contributed by atoms with Gasteiger partial charge in [0.2, 0.25) is 5.75 Å². The molecule has 0 unspecified atom stereocenters. The lowest BCUT2D eigenvalue weighted by Gasteiger charge is -2.30. The van der Waals surface area contributed by atoms with Crippen molar-refractivity contribution in [3.05, 3.63) is 17.7 Å². The van der Waals surface area contributed by atoms with E-state index in [9.17, 15) is 9.59 Å². The summed E-state index contributed by atoms with van der Waals surface area (Å²) in [5.41, 5.74) is 0.218. The number of esters is 1. The molecule has 27 heavy (non-hydrogen) atoms. The monoisotopic (exact) mass is 379 g/mol. The summed E-state index contributed by atoms with van der Waals surface area (Å²) in [4.78, 5) is 24.9. The first-order chi connectivity index (χ1) is 12.9. The van der Waals surface area contributed by atoms with Crippen LogP contribution in [0.25, 0.3) is 0 Å². The first-order valence-corrected chi connectivity index (χ1v) is 9.22. The number of hydrogen-bond donors (Lipinski definition) is 1. The van der Waals surface area contributed by atoms with Gasteiger partial charge in [0.05, 0.1) is 26.9 Å². The Morgan fingerprint density at radius 3 is 2.15 bits per heavy atom. The van der Waals surface area contributed by atoms with Gasteiger partial charge in [-0.2, -0.15) is 0 Å². The molecule has 0 saturated heterocycles. The van der Waals surface area contributed by atoms with E-state index in [-0.39, 0.29) is 17.5 Å². The lowest BCUT2D eigenvalue weighted by molar-refractivity contribution is -0.130. The van der Waals surface area contributed by atoms with Gasteiger partial charge in [-0.15, -0.1) is 0 Å². The topological polar surface area (TPSA) is 83.1 Å². The van der Waals surface area contributed by atoms with Crippen molar-refractivity contribution >= 4 is 11.9 Å². The number of nitrogens with one attached hydrogen (secondary N) is 1. The number of carbonyl (C=O) groups is 2. The second kappa shape index (κ2) is 9.48. The highest BCUT2D eigenvalue weighted by molar-refractivity contribution is 5.93. The molecule has 0 radical (unpaired) electrons. The van der Waals surface area contributed by atoms with Gasteiger partial charge in [0.25, 0.3) is 5.91 Å². The predicted octanol–water partition coefficient (Wildman–Crippen LogP) is 2.95.